The fourth-order valence-electron chi connectivity index (χ4n) is 2.47. The first kappa shape index (κ1) is 16.6. The number of carbonyl (C=O) groups is 1. The summed E-state index contributed by atoms with van der Waals surface area (Å²) >= 11 is 0. The molecule has 0 aromatic carbocycles. The molecule has 0 aliphatic carbocycles. The van der Waals surface area contributed by atoms with Crippen molar-refractivity contribution >= 4 is 5.97 Å². The molecule has 0 spiro atoms. The molecule has 0 fully saturated rings. The lowest BCUT2D eigenvalue weighted by Gasteiger charge is -2.23. The van der Waals surface area contributed by atoms with Crippen LogP contribution in [0.25, 0.3) is 0 Å². The Hall–Kier alpha value is -1.46. The molecule has 0 bridgehead atoms. The van der Waals surface area contributed by atoms with Crippen molar-refractivity contribution < 1.29 is 9.90 Å². The Balaban J connectivity index is 2.90. The molecule has 1 aromatic rings. The summed E-state index contributed by atoms with van der Waals surface area (Å²) in [6.45, 7) is 10.7. The number of tetrazole rings is 1. The number of carboxylic acid groups (broad SMARTS) is 1. The quantitative estimate of drug-likeness (QED) is 0.831. The van der Waals surface area contributed by atoms with Crippen LogP contribution < -0.4 is 0 Å². The first-order valence-electron chi connectivity index (χ1n) is 7.27. The van der Waals surface area contributed by atoms with Crippen molar-refractivity contribution in [3.63, 3.8) is 0 Å². The number of nitrogens with zero attached hydrogens (tertiary/aromatic N) is 4. The Labute approximate surface area is 120 Å². The van der Waals surface area contributed by atoms with E-state index in [-0.39, 0.29) is 11.3 Å². The van der Waals surface area contributed by atoms with Crippen LogP contribution in [0.5, 0.6) is 0 Å². The van der Waals surface area contributed by atoms with Crippen LogP contribution in [0.3, 0.4) is 0 Å². The van der Waals surface area contributed by atoms with Gasteiger partial charge in [-0.05, 0) is 35.1 Å². The van der Waals surface area contributed by atoms with Gasteiger partial charge in [0.15, 0.2) is 5.82 Å². The van der Waals surface area contributed by atoms with Crippen LogP contribution in [0.2, 0.25) is 0 Å². The van der Waals surface area contributed by atoms with Crippen molar-refractivity contribution in [3.05, 3.63) is 5.82 Å². The van der Waals surface area contributed by atoms with Crippen molar-refractivity contribution in [1.29, 1.82) is 0 Å². The van der Waals surface area contributed by atoms with Gasteiger partial charge in [-0.15, -0.1) is 5.10 Å². The lowest BCUT2D eigenvalue weighted by atomic mass is 9.84. The zero-order chi connectivity index (χ0) is 15.3. The summed E-state index contributed by atoms with van der Waals surface area (Å²) in [4.78, 5) is 11.4. The molecule has 1 unspecified atom stereocenters. The molecule has 1 heterocycles. The minimum Gasteiger partial charge on any atom is -0.481 e. The van der Waals surface area contributed by atoms with Gasteiger partial charge in [0.1, 0.15) is 0 Å². The topological polar surface area (TPSA) is 80.9 Å². The number of aromatic nitrogens is 4. The Morgan fingerprint density at radius 1 is 1.30 bits per heavy atom. The van der Waals surface area contributed by atoms with Crippen LogP contribution in [-0.2, 0) is 11.3 Å². The first-order chi connectivity index (χ1) is 9.28. The van der Waals surface area contributed by atoms with Gasteiger partial charge in [0.25, 0.3) is 0 Å². The molecule has 6 nitrogen and oxygen atoms in total. The number of hydrogen-bond donors (Lipinski definition) is 1. The number of aliphatic carboxylic acids is 1. The Morgan fingerprint density at radius 3 is 2.35 bits per heavy atom. The molecular weight excluding hydrogens is 256 g/mol. The van der Waals surface area contributed by atoms with Crippen molar-refractivity contribution in [2.45, 2.75) is 66.3 Å². The molecule has 20 heavy (non-hydrogen) atoms. The molecule has 1 aromatic heterocycles. The van der Waals surface area contributed by atoms with Gasteiger partial charge >= 0.3 is 5.97 Å². The zero-order valence-electron chi connectivity index (χ0n) is 13.1. The van der Waals surface area contributed by atoms with E-state index in [1.165, 1.54) is 0 Å². The number of carboxylic acids is 1. The van der Waals surface area contributed by atoms with E-state index < -0.39 is 11.9 Å². The second-order valence-electron chi connectivity index (χ2n) is 6.53. The average Bonchev–Trinajstić information content (AvgIpc) is 2.76. The Bertz CT molecular complexity index is 433. The molecule has 0 saturated carbocycles. The minimum atomic E-state index is -0.786. The first-order valence-corrected chi connectivity index (χ1v) is 7.27. The van der Waals surface area contributed by atoms with Gasteiger partial charge in [-0.25, -0.2) is 4.68 Å². The van der Waals surface area contributed by atoms with E-state index in [1.807, 2.05) is 20.8 Å². The summed E-state index contributed by atoms with van der Waals surface area (Å²) in [7, 11) is 0. The van der Waals surface area contributed by atoms with Gasteiger partial charge in [-0.1, -0.05) is 34.6 Å². The van der Waals surface area contributed by atoms with E-state index in [4.69, 9.17) is 0 Å². The smallest absolute Gasteiger partial charge is 0.308 e. The summed E-state index contributed by atoms with van der Waals surface area (Å²) < 4.78 is 1.67. The summed E-state index contributed by atoms with van der Waals surface area (Å²) in [5.41, 5.74) is -0.0356. The third kappa shape index (κ3) is 4.58. The third-order valence-electron chi connectivity index (χ3n) is 3.51. The lowest BCUT2D eigenvalue weighted by Crippen LogP contribution is -2.27. The molecule has 0 aliphatic heterocycles. The van der Waals surface area contributed by atoms with Crippen molar-refractivity contribution in [2.24, 2.45) is 11.3 Å². The van der Waals surface area contributed by atoms with Crippen molar-refractivity contribution in [2.75, 3.05) is 0 Å². The predicted octanol–water partition coefficient (Wildman–Crippen LogP) is 2.71. The van der Waals surface area contributed by atoms with Crippen LogP contribution in [0.15, 0.2) is 0 Å². The van der Waals surface area contributed by atoms with Gasteiger partial charge in [0.2, 0.25) is 0 Å². The maximum absolute atomic E-state index is 11.4. The van der Waals surface area contributed by atoms with E-state index in [2.05, 4.69) is 29.4 Å². The van der Waals surface area contributed by atoms with Gasteiger partial charge in [0, 0.05) is 5.92 Å². The highest BCUT2D eigenvalue weighted by Gasteiger charge is 2.27. The van der Waals surface area contributed by atoms with Gasteiger partial charge in [-0.3, -0.25) is 4.79 Å². The standard InChI is InChI=1S/C14H26N4O2/c1-6-10(7-2)12-15-16-17-18(12)9-11(13(19)20)8-14(3,4)5/h10-11H,6-9H2,1-5H3,(H,19,20). The highest BCUT2D eigenvalue weighted by Crippen LogP contribution is 2.27. The van der Waals surface area contributed by atoms with Crippen molar-refractivity contribution in [1.82, 2.24) is 20.2 Å². The molecule has 1 N–H and O–H groups in total. The van der Waals surface area contributed by atoms with E-state index in [1.54, 1.807) is 4.68 Å². The van der Waals surface area contributed by atoms with Gasteiger partial charge < -0.3 is 5.11 Å². The van der Waals surface area contributed by atoms with E-state index >= 15 is 0 Å². The Kier molecular flexibility index (Phi) is 5.65. The summed E-state index contributed by atoms with van der Waals surface area (Å²) in [6, 6.07) is 0. The van der Waals surface area contributed by atoms with Gasteiger partial charge in [0.05, 0.1) is 12.5 Å². The normalized spacial score (nSPS) is 13.7. The maximum Gasteiger partial charge on any atom is 0.308 e. The lowest BCUT2D eigenvalue weighted by molar-refractivity contribution is -0.143. The monoisotopic (exact) mass is 282 g/mol. The number of rotatable bonds is 7. The fraction of sp³-hybridized carbons (Fsp3) is 0.857. The summed E-state index contributed by atoms with van der Waals surface area (Å²) in [6.07, 6.45) is 2.51. The second-order valence-corrected chi connectivity index (χ2v) is 6.53. The highest BCUT2D eigenvalue weighted by atomic mass is 16.4. The van der Waals surface area contributed by atoms with E-state index in [9.17, 15) is 9.90 Å². The highest BCUT2D eigenvalue weighted by molar-refractivity contribution is 5.69. The van der Waals surface area contributed by atoms with E-state index in [0.29, 0.717) is 13.0 Å². The molecule has 0 aliphatic rings. The van der Waals surface area contributed by atoms with Crippen LogP contribution in [0.4, 0.5) is 0 Å². The average molecular weight is 282 g/mol. The molecule has 1 atom stereocenters. The van der Waals surface area contributed by atoms with Crippen molar-refractivity contribution in [3.8, 4) is 0 Å². The van der Waals surface area contributed by atoms with Crippen LogP contribution in [0.1, 0.15) is 65.6 Å². The molecule has 1 rings (SSSR count). The van der Waals surface area contributed by atoms with Crippen LogP contribution in [-0.4, -0.2) is 31.3 Å². The Morgan fingerprint density at radius 2 is 1.90 bits per heavy atom. The van der Waals surface area contributed by atoms with E-state index in [0.717, 1.165) is 18.7 Å². The molecule has 0 radical (unpaired) electrons. The molecule has 0 amide bonds. The molecule has 6 heteroatoms. The molecular formula is C14H26N4O2. The third-order valence-corrected chi connectivity index (χ3v) is 3.51. The van der Waals surface area contributed by atoms with Crippen LogP contribution in [0, 0.1) is 11.3 Å². The summed E-state index contributed by atoms with van der Waals surface area (Å²) in [5, 5.41) is 21.2. The molecule has 0 saturated heterocycles. The zero-order valence-corrected chi connectivity index (χ0v) is 13.1. The summed E-state index contributed by atoms with van der Waals surface area (Å²) in [5.74, 6) is -0.165. The molecule has 114 valence electrons. The van der Waals surface area contributed by atoms with Gasteiger partial charge in [-0.2, -0.15) is 0 Å². The maximum atomic E-state index is 11.4. The number of hydrogen-bond acceptors (Lipinski definition) is 4. The predicted molar refractivity (Wildman–Crippen MR) is 76.3 cm³/mol. The SMILES string of the molecule is CCC(CC)c1nnnn1CC(CC(C)(C)C)C(=O)O. The second kappa shape index (κ2) is 6.81. The largest absolute Gasteiger partial charge is 0.481 e. The minimum absolute atomic E-state index is 0.0356. The van der Waals surface area contributed by atoms with Crippen LogP contribution >= 0.6 is 0 Å². The fourth-order valence-corrected chi connectivity index (χ4v) is 2.47.